The zero-order chi connectivity index (χ0) is 12.8. The number of rotatable bonds is 5. The van der Waals surface area contributed by atoms with E-state index in [1.807, 2.05) is 37.3 Å². The summed E-state index contributed by atoms with van der Waals surface area (Å²) in [6.07, 6.45) is 1.88. The lowest BCUT2D eigenvalue weighted by atomic mass is 10.1. The minimum absolute atomic E-state index is 0.122. The topological polar surface area (TPSA) is 20.3 Å². The molecule has 0 aromatic heterocycles. The SMILES string of the molecule is CC(=O)/C(=C\N(C)C)SCc1ccccc1C. The number of carbonyl (C=O) groups excluding carboxylic acids is 1. The Morgan fingerprint density at radius 1 is 1.35 bits per heavy atom. The Hall–Kier alpha value is -1.22. The van der Waals surface area contributed by atoms with Gasteiger partial charge in [-0.25, -0.2) is 0 Å². The van der Waals surface area contributed by atoms with Crippen molar-refractivity contribution in [1.82, 2.24) is 4.90 Å². The minimum Gasteiger partial charge on any atom is -0.382 e. The first-order valence-electron chi connectivity index (χ1n) is 5.57. The Morgan fingerprint density at radius 3 is 2.53 bits per heavy atom. The van der Waals surface area contributed by atoms with E-state index in [0.29, 0.717) is 0 Å². The van der Waals surface area contributed by atoms with E-state index in [9.17, 15) is 4.79 Å². The molecule has 0 atom stereocenters. The van der Waals surface area contributed by atoms with Crippen molar-refractivity contribution in [2.75, 3.05) is 14.1 Å². The van der Waals surface area contributed by atoms with E-state index in [1.165, 1.54) is 11.1 Å². The van der Waals surface area contributed by atoms with Crippen LogP contribution in [0.5, 0.6) is 0 Å². The highest BCUT2D eigenvalue weighted by atomic mass is 32.2. The van der Waals surface area contributed by atoms with Gasteiger partial charge in [-0.15, -0.1) is 11.8 Å². The van der Waals surface area contributed by atoms with Crippen LogP contribution in [0.3, 0.4) is 0 Å². The molecule has 1 rings (SSSR count). The van der Waals surface area contributed by atoms with E-state index in [4.69, 9.17) is 0 Å². The Balaban J connectivity index is 2.71. The second-order valence-electron chi connectivity index (χ2n) is 4.23. The molecule has 0 spiro atoms. The van der Waals surface area contributed by atoms with Crippen molar-refractivity contribution in [2.24, 2.45) is 0 Å². The largest absolute Gasteiger partial charge is 0.382 e. The standard InChI is InChI=1S/C14H19NOS/c1-11-7-5-6-8-13(11)10-17-14(12(2)16)9-15(3)4/h5-9H,10H2,1-4H3/b14-9+. The molecule has 0 aliphatic heterocycles. The molecule has 1 aromatic rings. The molecule has 0 saturated carbocycles. The summed E-state index contributed by atoms with van der Waals surface area (Å²) in [5.41, 5.74) is 2.55. The lowest BCUT2D eigenvalue weighted by molar-refractivity contribution is -0.113. The summed E-state index contributed by atoms with van der Waals surface area (Å²) in [6, 6.07) is 8.27. The van der Waals surface area contributed by atoms with Gasteiger partial charge in [0.2, 0.25) is 0 Å². The molecular formula is C14H19NOS. The summed E-state index contributed by atoms with van der Waals surface area (Å²) in [5.74, 6) is 0.962. The van der Waals surface area contributed by atoms with E-state index < -0.39 is 0 Å². The average Bonchev–Trinajstić information content (AvgIpc) is 2.25. The Kier molecular flexibility index (Phi) is 5.29. The second-order valence-corrected chi connectivity index (χ2v) is 5.25. The van der Waals surface area contributed by atoms with Gasteiger partial charge < -0.3 is 4.90 Å². The third-order valence-electron chi connectivity index (χ3n) is 2.37. The Bertz CT molecular complexity index is 424. The number of ketones is 1. The van der Waals surface area contributed by atoms with Gasteiger partial charge in [0, 0.05) is 26.0 Å². The van der Waals surface area contributed by atoms with Crippen molar-refractivity contribution in [3.05, 3.63) is 46.5 Å². The smallest absolute Gasteiger partial charge is 0.167 e. The predicted octanol–water partition coefficient (Wildman–Crippen LogP) is 3.22. The maximum absolute atomic E-state index is 11.5. The van der Waals surface area contributed by atoms with Gasteiger partial charge in [0.1, 0.15) is 0 Å². The zero-order valence-corrected chi connectivity index (χ0v) is 11.7. The van der Waals surface area contributed by atoms with Crippen molar-refractivity contribution in [1.29, 1.82) is 0 Å². The van der Waals surface area contributed by atoms with E-state index >= 15 is 0 Å². The summed E-state index contributed by atoms with van der Waals surface area (Å²) in [6.45, 7) is 3.71. The number of thioether (sulfide) groups is 1. The van der Waals surface area contributed by atoms with Crippen molar-refractivity contribution in [3.63, 3.8) is 0 Å². The highest BCUT2D eigenvalue weighted by Gasteiger charge is 2.06. The Morgan fingerprint density at radius 2 is 2.00 bits per heavy atom. The van der Waals surface area contributed by atoms with Crippen LogP contribution in [0.1, 0.15) is 18.1 Å². The second kappa shape index (κ2) is 6.50. The van der Waals surface area contributed by atoms with E-state index in [1.54, 1.807) is 18.7 Å². The predicted molar refractivity (Wildman–Crippen MR) is 74.9 cm³/mol. The van der Waals surface area contributed by atoms with Gasteiger partial charge >= 0.3 is 0 Å². The number of carbonyl (C=O) groups is 1. The van der Waals surface area contributed by atoms with Crippen LogP contribution in [-0.2, 0) is 10.5 Å². The van der Waals surface area contributed by atoms with E-state index in [0.717, 1.165) is 10.7 Å². The van der Waals surface area contributed by atoms with Crippen LogP contribution >= 0.6 is 11.8 Å². The van der Waals surface area contributed by atoms with Gasteiger partial charge in [-0.1, -0.05) is 24.3 Å². The molecule has 92 valence electrons. The molecule has 0 radical (unpaired) electrons. The van der Waals surface area contributed by atoms with E-state index in [-0.39, 0.29) is 5.78 Å². The molecule has 0 N–H and O–H groups in total. The number of hydrogen-bond donors (Lipinski definition) is 0. The van der Waals surface area contributed by atoms with Crippen molar-refractivity contribution in [2.45, 2.75) is 19.6 Å². The molecule has 0 saturated heterocycles. The molecular weight excluding hydrogens is 230 g/mol. The molecule has 2 nitrogen and oxygen atoms in total. The highest BCUT2D eigenvalue weighted by Crippen LogP contribution is 2.23. The third-order valence-corrected chi connectivity index (χ3v) is 3.53. The summed E-state index contributed by atoms with van der Waals surface area (Å²) >= 11 is 1.60. The quantitative estimate of drug-likeness (QED) is 0.747. The van der Waals surface area contributed by atoms with E-state index in [2.05, 4.69) is 19.1 Å². The number of allylic oxidation sites excluding steroid dienone is 1. The molecule has 0 bridgehead atoms. The van der Waals surface area contributed by atoms with Gasteiger partial charge in [-0.05, 0) is 25.0 Å². The van der Waals surface area contributed by atoms with Crippen LogP contribution in [0.2, 0.25) is 0 Å². The number of nitrogens with zero attached hydrogens (tertiary/aromatic N) is 1. The van der Waals surface area contributed by atoms with Crippen LogP contribution < -0.4 is 0 Å². The lowest BCUT2D eigenvalue weighted by Gasteiger charge is -2.10. The first-order valence-corrected chi connectivity index (χ1v) is 6.55. The number of Topliss-reactive ketones (excluding diaryl/α,β-unsaturated/α-hetero) is 1. The first-order chi connectivity index (χ1) is 8.00. The number of hydrogen-bond acceptors (Lipinski definition) is 3. The summed E-state index contributed by atoms with van der Waals surface area (Å²) in [7, 11) is 3.86. The normalized spacial score (nSPS) is 11.4. The van der Waals surface area contributed by atoms with Crippen LogP contribution in [-0.4, -0.2) is 24.8 Å². The van der Waals surface area contributed by atoms with Gasteiger partial charge in [-0.3, -0.25) is 4.79 Å². The number of aryl methyl sites for hydroxylation is 1. The van der Waals surface area contributed by atoms with Gasteiger partial charge in [0.15, 0.2) is 5.78 Å². The fraction of sp³-hybridized carbons (Fsp3) is 0.357. The van der Waals surface area contributed by atoms with Crippen LogP contribution in [0.4, 0.5) is 0 Å². The number of benzene rings is 1. The summed E-state index contributed by atoms with van der Waals surface area (Å²) in [4.78, 5) is 14.2. The molecule has 0 heterocycles. The fourth-order valence-corrected chi connectivity index (χ4v) is 2.52. The third kappa shape index (κ3) is 4.65. The molecule has 0 amide bonds. The molecule has 3 heteroatoms. The van der Waals surface area contributed by atoms with Gasteiger partial charge in [-0.2, -0.15) is 0 Å². The van der Waals surface area contributed by atoms with Gasteiger partial charge in [0.05, 0.1) is 4.91 Å². The van der Waals surface area contributed by atoms with Crippen LogP contribution in [0.15, 0.2) is 35.4 Å². The molecule has 1 aromatic carbocycles. The zero-order valence-electron chi connectivity index (χ0n) is 10.9. The maximum Gasteiger partial charge on any atom is 0.167 e. The van der Waals surface area contributed by atoms with Gasteiger partial charge in [0.25, 0.3) is 0 Å². The first kappa shape index (κ1) is 13.8. The fourth-order valence-electron chi connectivity index (χ4n) is 1.39. The van der Waals surface area contributed by atoms with Crippen molar-refractivity contribution < 1.29 is 4.79 Å². The molecule has 17 heavy (non-hydrogen) atoms. The monoisotopic (exact) mass is 249 g/mol. The molecule has 0 fully saturated rings. The average molecular weight is 249 g/mol. The minimum atomic E-state index is 0.122. The molecule has 0 aliphatic carbocycles. The van der Waals surface area contributed by atoms with Crippen LogP contribution in [0.25, 0.3) is 0 Å². The molecule has 0 aliphatic rings. The molecule has 0 unspecified atom stereocenters. The highest BCUT2D eigenvalue weighted by molar-refractivity contribution is 8.03. The maximum atomic E-state index is 11.5. The van der Waals surface area contributed by atoms with Crippen LogP contribution in [0, 0.1) is 6.92 Å². The van der Waals surface area contributed by atoms with Crippen molar-refractivity contribution >= 4 is 17.5 Å². The summed E-state index contributed by atoms with van der Waals surface area (Å²) in [5, 5.41) is 0. The Labute approximate surface area is 108 Å². The summed E-state index contributed by atoms with van der Waals surface area (Å²) < 4.78 is 0. The lowest BCUT2D eigenvalue weighted by Crippen LogP contribution is -2.05. The van der Waals surface area contributed by atoms with Crippen molar-refractivity contribution in [3.8, 4) is 0 Å².